The minimum Gasteiger partial charge on any atom is -0.339 e. The molecule has 8 nitrogen and oxygen atoms in total. The van der Waals surface area contributed by atoms with Gasteiger partial charge in [-0.05, 0) is 43.2 Å². The van der Waals surface area contributed by atoms with Crippen molar-refractivity contribution in [3.05, 3.63) is 54.1 Å². The smallest absolute Gasteiger partial charge is 0.253 e. The maximum absolute atomic E-state index is 12.7. The van der Waals surface area contributed by atoms with Crippen LogP contribution in [-0.4, -0.2) is 53.8 Å². The highest BCUT2D eigenvalue weighted by Gasteiger charge is 2.27. The van der Waals surface area contributed by atoms with Crippen LogP contribution in [0.4, 0.5) is 0 Å². The van der Waals surface area contributed by atoms with Crippen LogP contribution in [0.3, 0.4) is 0 Å². The monoisotopic (exact) mass is 385 g/mol. The van der Waals surface area contributed by atoms with Crippen LogP contribution >= 0.6 is 0 Å². The summed E-state index contributed by atoms with van der Waals surface area (Å²) in [7, 11) is -3.54. The molecule has 9 heteroatoms. The third kappa shape index (κ3) is 3.69. The van der Waals surface area contributed by atoms with Gasteiger partial charge >= 0.3 is 0 Å². The van der Waals surface area contributed by atoms with Crippen molar-refractivity contribution in [2.75, 3.05) is 13.1 Å². The maximum atomic E-state index is 12.7. The van der Waals surface area contributed by atoms with Crippen LogP contribution in [0.2, 0.25) is 0 Å². The molecule has 3 aromatic rings. The van der Waals surface area contributed by atoms with Crippen molar-refractivity contribution in [3.8, 4) is 0 Å². The molecule has 2 heterocycles. The summed E-state index contributed by atoms with van der Waals surface area (Å²) in [4.78, 5) is 14.7. The largest absolute Gasteiger partial charge is 0.339 e. The first kappa shape index (κ1) is 17.6. The molecular weight excluding hydrogens is 366 g/mol. The zero-order valence-electron chi connectivity index (χ0n) is 14.5. The molecule has 0 bridgehead atoms. The van der Waals surface area contributed by atoms with E-state index in [1.807, 2.05) is 0 Å². The van der Waals surface area contributed by atoms with Crippen LogP contribution in [0.5, 0.6) is 0 Å². The van der Waals surface area contributed by atoms with Gasteiger partial charge in [0.2, 0.25) is 10.0 Å². The van der Waals surface area contributed by atoms with Crippen molar-refractivity contribution >= 4 is 27.0 Å². The first-order chi connectivity index (χ1) is 13.0. The lowest BCUT2D eigenvalue weighted by Crippen LogP contribution is -2.46. The molecule has 0 atom stereocenters. The van der Waals surface area contributed by atoms with Crippen LogP contribution in [0.25, 0.3) is 11.0 Å². The highest BCUT2D eigenvalue weighted by Crippen LogP contribution is 2.18. The maximum Gasteiger partial charge on any atom is 0.253 e. The van der Waals surface area contributed by atoms with E-state index in [0.717, 1.165) is 0 Å². The topological polar surface area (TPSA) is 108 Å². The number of H-pyrrole nitrogens is 1. The first-order valence-electron chi connectivity index (χ1n) is 8.70. The fourth-order valence-corrected chi connectivity index (χ4v) is 4.57. The number of hydrogen-bond donors (Lipinski definition) is 2. The summed E-state index contributed by atoms with van der Waals surface area (Å²) in [6.45, 7) is 0.995. The number of piperidine rings is 1. The predicted octanol–water partition coefficient (Wildman–Crippen LogP) is 1.54. The van der Waals surface area contributed by atoms with Crippen molar-refractivity contribution in [2.45, 2.75) is 23.8 Å². The summed E-state index contributed by atoms with van der Waals surface area (Å²) < 4.78 is 27.6. The number of benzene rings is 2. The van der Waals surface area contributed by atoms with Crippen molar-refractivity contribution in [1.29, 1.82) is 0 Å². The van der Waals surface area contributed by atoms with E-state index in [4.69, 9.17) is 0 Å². The zero-order chi connectivity index (χ0) is 18.9. The van der Waals surface area contributed by atoms with Crippen LogP contribution in [0.1, 0.15) is 23.2 Å². The molecule has 140 valence electrons. The third-order valence-corrected chi connectivity index (χ3v) is 6.26. The minimum absolute atomic E-state index is 0.0794. The average molecular weight is 385 g/mol. The van der Waals surface area contributed by atoms with E-state index in [-0.39, 0.29) is 16.8 Å². The highest BCUT2D eigenvalue weighted by molar-refractivity contribution is 7.89. The van der Waals surface area contributed by atoms with E-state index in [9.17, 15) is 13.2 Å². The second-order valence-corrected chi connectivity index (χ2v) is 8.24. The normalized spacial score (nSPS) is 15.9. The lowest BCUT2D eigenvalue weighted by Gasteiger charge is -2.32. The van der Waals surface area contributed by atoms with Crippen LogP contribution in [0.15, 0.2) is 53.4 Å². The Morgan fingerprint density at radius 2 is 1.74 bits per heavy atom. The summed E-state index contributed by atoms with van der Waals surface area (Å²) >= 11 is 0. The van der Waals surface area contributed by atoms with Gasteiger partial charge in [0.25, 0.3) is 5.91 Å². The number of amides is 1. The van der Waals surface area contributed by atoms with Gasteiger partial charge in [-0.25, -0.2) is 13.1 Å². The molecule has 0 spiro atoms. The molecule has 1 aromatic heterocycles. The van der Waals surface area contributed by atoms with Crippen LogP contribution < -0.4 is 4.72 Å². The number of hydrogen-bond acceptors (Lipinski definition) is 5. The number of aromatic amines is 1. The van der Waals surface area contributed by atoms with Gasteiger partial charge in [-0.15, -0.1) is 0 Å². The number of fused-ring (bicyclic) bond motifs is 1. The second kappa shape index (κ2) is 7.09. The molecule has 27 heavy (non-hydrogen) atoms. The number of nitrogens with one attached hydrogen (secondary N) is 2. The predicted molar refractivity (Wildman–Crippen MR) is 99.6 cm³/mol. The van der Waals surface area contributed by atoms with Crippen molar-refractivity contribution < 1.29 is 13.2 Å². The van der Waals surface area contributed by atoms with Crippen molar-refractivity contribution in [3.63, 3.8) is 0 Å². The second-order valence-electron chi connectivity index (χ2n) is 6.53. The average Bonchev–Trinajstić information content (AvgIpc) is 3.16. The van der Waals surface area contributed by atoms with Gasteiger partial charge in [-0.1, -0.05) is 18.2 Å². The molecule has 1 aliphatic heterocycles. The molecular formula is C18H19N5O3S. The Bertz CT molecular complexity index is 1060. The molecule has 0 saturated carbocycles. The highest BCUT2D eigenvalue weighted by atomic mass is 32.2. The first-order valence-corrected chi connectivity index (χ1v) is 10.2. The molecule has 0 unspecified atom stereocenters. The zero-order valence-corrected chi connectivity index (χ0v) is 15.3. The van der Waals surface area contributed by atoms with E-state index in [2.05, 4.69) is 20.1 Å². The summed E-state index contributed by atoms with van der Waals surface area (Å²) in [5, 5.41) is 10.5. The van der Waals surface area contributed by atoms with Gasteiger partial charge in [0.05, 0.1) is 4.90 Å². The van der Waals surface area contributed by atoms with Gasteiger partial charge < -0.3 is 4.90 Å². The Morgan fingerprint density at radius 3 is 2.48 bits per heavy atom. The van der Waals surface area contributed by atoms with Gasteiger partial charge in [-0.2, -0.15) is 15.4 Å². The van der Waals surface area contributed by atoms with E-state index in [0.29, 0.717) is 42.5 Å². The lowest BCUT2D eigenvalue weighted by atomic mass is 10.0. The number of carbonyl (C=O) groups excluding carboxylic acids is 1. The number of nitrogens with zero attached hydrogens (tertiary/aromatic N) is 3. The van der Waals surface area contributed by atoms with Crippen LogP contribution in [0, 0.1) is 0 Å². The SMILES string of the molecule is O=C(c1ccc2n[nH]nc2c1)N1CCC(NS(=O)(=O)c2ccccc2)CC1. The summed E-state index contributed by atoms with van der Waals surface area (Å²) in [6.07, 6.45) is 1.15. The lowest BCUT2D eigenvalue weighted by molar-refractivity contribution is 0.0711. The Balaban J connectivity index is 1.39. The fourth-order valence-electron chi connectivity index (χ4n) is 3.24. The quantitative estimate of drug-likeness (QED) is 0.708. The number of aromatic nitrogens is 3. The molecule has 1 saturated heterocycles. The molecule has 0 radical (unpaired) electrons. The Kier molecular flexibility index (Phi) is 4.63. The molecule has 1 aliphatic rings. The summed E-state index contributed by atoms with van der Waals surface area (Å²) in [5.41, 5.74) is 1.91. The van der Waals surface area contributed by atoms with E-state index >= 15 is 0 Å². The van der Waals surface area contributed by atoms with Crippen molar-refractivity contribution in [2.24, 2.45) is 0 Å². The van der Waals surface area contributed by atoms with E-state index < -0.39 is 10.0 Å². The minimum atomic E-state index is -3.54. The number of carbonyl (C=O) groups is 1. The van der Waals surface area contributed by atoms with Gasteiger partial charge in [0, 0.05) is 24.7 Å². The molecule has 4 rings (SSSR count). The molecule has 1 fully saturated rings. The Hall–Kier alpha value is -2.78. The summed E-state index contributed by atoms with van der Waals surface area (Å²) in [5.74, 6) is -0.0794. The Labute approximate surface area is 156 Å². The van der Waals surface area contributed by atoms with Crippen LogP contribution in [-0.2, 0) is 10.0 Å². The van der Waals surface area contributed by atoms with Crippen molar-refractivity contribution in [1.82, 2.24) is 25.0 Å². The fraction of sp³-hybridized carbons (Fsp3) is 0.278. The number of sulfonamides is 1. The molecule has 2 N–H and O–H groups in total. The third-order valence-electron chi connectivity index (χ3n) is 4.72. The number of rotatable bonds is 4. The number of likely N-dealkylation sites (tertiary alicyclic amines) is 1. The van der Waals surface area contributed by atoms with Gasteiger partial charge in [0.1, 0.15) is 11.0 Å². The van der Waals surface area contributed by atoms with E-state index in [1.165, 1.54) is 0 Å². The standard InChI is InChI=1S/C18H19N5O3S/c24-18(13-6-7-16-17(12-13)20-22-19-16)23-10-8-14(9-11-23)21-27(25,26)15-4-2-1-3-5-15/h1-7,12,14,21H,8-11H2,(H,19,20,22). The molecule has 0 aliphatic carbocycles. The molecule has 1 amide bonds. The van der Waals surface area contributed by atoms with Gasteiger partial charge in [-0.3, -0.25) is 4.79 Å². The summed E-state index contributed by atoms with van der Waals surface area (Å²) in [6, 6.07) is 13.3. The van der Waals surface area contributed by atoms with E-state index in [1.54, 1.807) is 53.4 Å². The molecule has 2 aromatic carbocycles. The Morgan fingerprint density at radius 1 is 1.04 bits per heavy atom. The van der Waals surface area contributed by atoms with Gasteiger partial charge in [0.15, 0.2) is 0 Å².